The van der Waals surface area contributed by atoms with Gasteiger partial charge in [0.1, 0.15) is 12.3 Å². The van der Waals surface area contributed by atoms with Crippen LogP contribution in [-0.2, 0) is 15.2 Å². The van der Waals surface area contributed by atoms with Crippen molar-refractivity contribution < 1.29 is 19.4 Å². The molecule has 0 saturated carbocycles. The predicted octanol–water partition coefficient (Wildman–Crippen LogP) is 3.22. The first-order valence-electron chi connectivity index (χ1n) is 9.59. The van der Waals surface area contributed by atoms with Gasteiger partial charge in [-0.25, -0.2) is 0 Å². The zero-order valence-electron chi connectivity index (χ0n) is 16.8. The number of nitrogens with zero attached hydrogens (tertiary/aromatic N) is 1. The van der Waals surface area contributed by atoms with Crippen LogP contribution in [0.3, 0.4) is 0 Å². The van der Waals surface area contributed by atoms with E-state index in [0.717, 1.165) is 5.56 Å². The molecule has 0 radical (unpaired) electrons. The number of carbonyl (C=O) groups is 2. The van der Waals surface area contributed by atoms with Crippen LogP contribution in [0.15, 0.2) is 72.8 Å². The summed E-state index contributed by atoms with van der Waals surface area (Å²) in [5.41, 5.74) is 1.14. The molecule has 1 atom stereocenters. The Kier molecular flexibility index (Phi) is 5.01. The summed E-state index contributed by atoms with van der Waals surface area (Å²) in [6, 6.07) is 21.2. The van der Waals surface area contributed by atoms with E-state index < -0.39 is 17.4 Å². The normalized spacial score (nSPS) is 17.6. The minimum Gasteiger partial charge on any atom is -0.495 e. The maximum absolute atomic E-state index is 13.4. The molecule has 152 valence electrons. The molecular formula is C24H22N2O4. The zero-order valence-corrected chi connectivity index (χ0v) is 16.8. The van der Waals surface area contributed by atoms with Crippen molar-refractivity contribution in [3.05, 3.63) is 89.5 Å². The highest BCUT2D eigenvalue weighted by Gasteiger charge is 2.51. The number of benzene rings is 3. The fourth-order valence-corrected chi connectivity index (χ4v) is 3.75. The summed E-state index contributed by atoms with van der Waals surface area (Å²) >= 11 is 0. The van der Waals surface area contributed by atoms with Crippen molar-refractivity contribution in [2.24, 2.45) is 0 Å². The highest BCUT2D eigenvalue weighted by atomic mass is 16.5. The first-order chi connectivity index (χ1) is 14.4. The van der Waals surface area contributed by atoms with E-state index >= 15 is 0 Å². The number of para-hydroxylation sites is 3. The molecule has 6 nitrogen and oxygen atoms in total. The van der Waals surface area contributed by atoms with Crippen molar-refractivity contribution in [3.63, 3.8) is 0 Å². The van der Waals surface area contributed by atoms with Gasteiger partial charge >= 0.3 is 0 Å². The van der Waals surface area contributed by atoms with Gasteiger partial charge in [0.2, 0.25) is 5.91 Å². The largest absolute Gasteiger partial charge is 0.495 e. The summed E-state index contributed by atoms with van der Waals surface area (Å²) in [4.78, 5) is 27.4. The summed E-state index contributed by atoms with van der Waals surface area (Å²) in [5, 5.41) is 14.3. The van der Waals surface area contributed by atoms with Crippen molar-refractivity contribution in [1.82, 2.24) is 0 Å². The molecule has 6 heteroatoms. The number of anilines is 2. The predicted molar refractivity (Wildman–Crippen MR) is 115 cm³/mol. The van der Waals surface area contributed by atoms with Gasteiger partial charge in [-0.3, -0.25) is 14.5 Å². The maximum Gasteiger partial charge on any atom is 0.268 e. The van der Waals surface area contributed by atoms with Gasteiger partial charge in [-0.2, -0.15) is 0 Å². The van der Waals surface area contributed by atoms with Crippen molar-refractivity contribution in [1.29, 1.82) is 0 Å². The van der Waals surface area contributed by atoms with Gasteiger partial charge in [0.25, 0.3) is 5.91 Å². The van der Waals surface area contributed by atoms with E-state index in [9.17, 15) is 14.7 Å². The average molecular weight is 402 g/mol. The average Bonchev–Trinajstić information content (AvgIpc) is 2.97. The van der Waals surface area contributed by atoms with Crippen molar-refractivity contribution in [3.8, 4) is 5.75 Å². The topological polar surface area (TPSA) is 78.9 Å². The van der Waals surface area contributed by atoms with Gasteiger partial charge in [0.05, 0.1) is 18.5 Å². The third kappa shape index (κ3) is 3.21. The number of hydrogen-bond acceptors (Lipinski definition) is 4. The van der Waals surface area contributed by atoms with Gasteiger partial charge in [0.15, 0.2) is 5.60 Å². The van der Waals surface area contributed by atoms with E-state index in [0.29, 0.717) is 28.3 Å². The fraction of sp³-hybridized carbons (Fsp3) is 0.167. The van der Waals surface area contributed by atoms with Gasteiger partial charge in [0, 0.05) is 5.56 Å². The second kappa shape index (κ2) is 7.65. The number of rotatable bonds is 5. The molecule has 0 aromatic heterocycles. The molecule has 3 aromatic rings. The van der Waals surface area contributed by atoms with Crippen LogP contribution in [0.25, 0.3) is 0 Å². The monoisotopic (exact) mass is 402 g/mol. The third-order valence-electron chi connectivity index (χ3n) is 5.29. The Bertz CT molecular complexity index is 1110. The Labute approximate surface area is 174 Å². The second-order valence-electron chi connectivity index (χ2n) is 7.23. The lowest BCUT2D eigenvalue weighted by Crippen LogP contribution is -2.44. The summed E-state index contributed by atoms with van der Waals surface area (Å²) in [5.74, 6) is -0.423. The molecule has 1 heterocycles. The van der Waals surface area contributed by atoms with Gasteiger partial charge in [-0.05, 0) is 30.7 Å². The number of carbonyl (C=O) groups excluding carboxylic acids is 2. The molecule has 2 amide bonds. The highest BCUT2D eigenvalue weighted by molar-refractivity contribution is 6.12. The van der Waals surface area contributed by atoms with E-state index in [1.54, 1.807) is 60.7 Å². The number of fused-ring (bicyclic) bond motifs is 1. The number of aryl methyl sites for hydroxylation is 1. The maximum atomic E-state index is 13.4. The Balaban J connectivity index is 1.65. The quantitative estimate of drug-likeness (QED) is 0.687. The van der Waals surface area contributed by atoms with Crippen molar-refractivity contribution in [2.45, 2.75) is 12.5 Å². The fourth-order valence-electron chi connectivity index (χ4n) is 3.75. The van der Waals surface area contributed by atoms with Crippen LogP contribution in [0.5, 0.6) is 5.75 Å². The van der Waals surface area contributed by atoms with Gasteiger partial charge < -0.3 is 15.2 Å². The number of methoxy groups -OCH3 is 1. The lowest BCUT2D eigenvalue weighted by Gasteiger charge is -2.23. The Morgan fingerprint density at radius 1 is 1.03 bits per heavy atom. The molecule has 2 N–H and O–H groups in total. The van der Waals surface area contributed by atoms with Crippen molar-refractivity contribution >= 4 is 23.2 Å². The van der Waals surface area contributed by atoms with E-state index in [-0.39, 0.29) is 6.54 Å². The van der Waals surface area contributed by atoms with Crippen LogP contribution in [0.4, 0.5) is 11.4 Å². The van der Waals surface area contributed by atoms with E-state index in [4.69, 9.17) is 4.74 Å². The second-order valence-corrected chi connectivity index (χ2v) is 7.23. The van der Waals surface area contributed by atoms with Crippen LogP contribution in [0, 0.1) is 6.92 Å². The molecule has 0 fully saturated rings. The summed E-state index contributed by atoms with van der Waals surface area (Å²) in [7, 11) is 1.52. The highest BCUT2D eigenvalue weighted by Crippen LogP contribution is 2.44. The standard InChI is InChI=1S/C24H22N2O4/c1-16-11-13-17(14-12-16)24(29)18-7-3-5-9-20(18)26(23(24)28)15-22(27)25-19-8-4-6-10-21(19)30-2/h3-14,29H,15H2,1-2H3,(H,25,27). The van der Waals surface area contributed by atoms with Crippen LogP contribution in [0.1, 0.15) is 16.7 Å². The lowest BCUT2D eigenvalue weighted by molar-refractivity contribution is -0.133. The third-order valence-corrected chi connectivity index (χ3v) is 5.29. The first-order valence-corrected chi connectivity index (χ1v) is 9.59. The number of nitrogens with one attached hydrogen (secondary N) is 1. The van der Waals surface area contributed by atoms with Crippen LogP contribution < -0.4 is 15.0 Å². The first kappa shape index (κ1) is 19.7. The molecule has 0 aliphatic carbocycles. The van der Waals surface area contributed by atoms with Crippen LogP contribution in [0.2, 0.25) is 0 Å². The minimum atomic E-state index is -1.84. The Morgan fingerprint density at radius 2 is 1.70 bits per heavy atom. The molecular weight excluding hydrogens is 380 g/mol. The smallest absolute Gasteiger partial charge is 0.268 e. The van der Waals surface area contributed by atoms with Crippen molar-refractivity contribution in [2.75, 3.05) is 23.9 Å². The van der Waals surface area contributed by atoms with Crippen LogP contribution >= 0.6 is 0 Å². The molecule has 0 spiro atoms. The van der Waals surface area contributed by atoms with Gasteiger partial charge in [-0.15, -0.1) is 0 Å². The summed E-state index contributed by atoms with van der Waals surface area (Å²) in [6.07, 6.45) is 0. The van der Waals surface area contributed by atoms with E-state index in [1.165, 1.54) is 12.0 Å². The van der Waals surface area contributed by atoms with E-state index in [1.807, 2.05) is 19.1 Å². The summed E-state index contributed by atoms with van der Waals surface area (Å²) in [6.45, 7) is 1.70. The Hall–Kier alpha value is -3.64. The lowest BCUT2D eigenvalue weighted by atomic mass is 9.87. The molecule has 0 saturated heterocycles. The molecule has 4 rings (SSSR count). The number of aliphatic hydroxyl groups is 1. The molecule has 1 aliphatic rings. The Morgan fingerprint density at radius 3 is 2.43 bits per heavy atom. The molecule has 0 bridgehead atoms. The minimum absolute atomic E-state index is 0.234. The SMILES string of the molecule is COc1ccccc1NC(=O)CN1C(=O)C(O)(c2ccc(C)cc2)c2ccccc21. The number of ether oxygens (including phenoxy) is 1. The van der Waals surface area contributed by atoms with Gasteiger partial charge in [-0.1, -0.05) is 60.2 Å². The molecule has 1 aliphatic heterocycles. The zero-order chi connectivity index (χ0) is 21.3. The number of hydrogen-bond donors (Lipinski definition) is 2. The molecule has 1 unspecified atom stereocenters. The molecule has 3 aromatic carbocycles. The molecule has 30 heavy (non-hydrogen) atoms. The number of amides is 2. The van der Waals surface area contributed by atoms with Crippen LogP contribution in [-0.4, -0.2) is 30.6 Å². The summed E-state index contributed by atoms with van der Waals surface area (Å²) < 4.78 is 5.26. The van der Waals surface area contributed by atoms with E-state index in [2.05, 4.69) is 5.32 Å².